The Morgan fingerprint density at radius 1 is 1.08 bits per heavy atom. The van der Waals surface area contributed by atoms with Gasteiger partial charge in [0.2, 0.25) is 0 Å². The number of hydrogen-bond acceptors (Lipinski definition) is 0. The van der Waals surface area contributed by atoms with E-state index in [0.717, 1.165) is 6.42 Å². The Morgan fingerprint density at radius 3 is 2.46 bits per heavy atom. The summed E-state index contributed by atoms with van der Waals surface area (Å²) < 4.78 is 0. The largest absolute Gasteiger partial charge is 0.0798 e. The number of hydrogen-bond donors (Lipinski definition) is 0. The van der Waals surface area contributed by atoms with E-state index in [-0.39, 0.29) is 0 Å². The van der Waals surface area contributed by atoms with Gasteiger partial charge in [-0.3, -0.25) is 0 Å². The maximum Gasteiger partial charge on any atom is -0.0129 e. The van der Waals surface area contributed by atoms with Gasteiger partial charge in [-0.2, -0.15) is 0 Å². The zero-order valence-corrected chi connectivity index (χ0v) is 8.17. The van der Waals surface area contributed by atoms with E-state index < -0.39 is 0 Å². The molecule has 0 radical (unpaired) electrons. The second-order valence-corrected chi connectivity index (χ2v) is 3.62. The van der Waals surface area contributed by atoms with Crippen LogP contribution >= 0.6 is 0 Å². The lowest BCUT2D eigenvalue weighted by Crippen LogP contribution is -1.86. The summed E-state index contributed by atoms with van der Waals surface area (Å²) in [5.74, 6) is 0. The highest BCUT2D eigenvalue weighted by molar-refractivity contribution is 5.80. The number of rotatable bonds is 1. The van der Waals surface area contributed by atoms with Crippen LogP contribution in [0.15, 0.2) is 42.0 Å². The monoisotopic (exact) mass is 170 g/mol. The number of allylic oxidation sites excluding steroid dienone is 4. The molecule has 1 aliphatic rings. The van der Waals surface area contributed by atoms with E-state index in [1.165, 1.54) is 22.3 Å². The average molecular weight is 170 g/mol. The maximum absolute atomic E-state index is 2.23. The fourth-order valence-electron chi connectivity index (χ4n) is 1.80. The smallest absolute Gasteiger partial charge is 0.0129 e. The molecule has 1 aromatic rings. The van der Waals surface area contributed by atoms with Gasteiger partial charge in [-0.25, -0.2) is 0 Å². The van der Waals surface area contributed by atoms with Crippen LogP contribution in [0.2, 0.25) is 0 Å². The lowest BCUT2D eigenvalue weighted by Gasteiger charge is -2.06. The standard InChI is InChI=1S/C13H14/c1-10-6-3-4-8-12(10)13-9-5-7-11(13)2/h3-6,8-9H,7H2,1-2H3. The first-order valence-corrected chi connectivity index (χ1v) is 4.71. The van der Waals surface area contributed by atoms with Crippen LogP contribution in [-0.4, -0.2) is 0 Å². The zero-order valence-electron chi connectivity index (χ0n) is 8.17. The van der Waals surface area contributed by atoms with Crippen LogP contribution in [0.5, 0.6) is 0 Å². The molecule has 1 aromatic carbocycles. The molecule has 0 spiro atoms. The minimum Gasteiger partial charge on any atom is -0.0798 e. The van der Waals surface area contributed by atoms with E-state index in [0.29, 0.717) is 0 Å². The first-order valence-electron chi connectivity index (χ1n) is 4.71. The van der Waals surface area contributed by atoms with E-state index >= 15 is 0 Å². The van der Waals surface area contributed by atoms with Crippen molar-refractivity contribution in [1.29, 1.82) is 0 Å². The molecule has 66 valence electrons. The first kappa shape index (κ1) is 8.31. The molecule has 0 heterocycles. The molecule has 0 aromatic heterocycles. The second-order valence-electron chi connectivity index (χ2n) is 3.62. The molecule has 0 N–H and O–H groups in total. The van der Waals surface area contributed by atoms with Crippen LogP contribution in [0.1, 0.15) is 24.5 Å². The lowest BCUT2D eigenvalue weighted by molar-refractivity contribution is 1.25. The summed E-state index contributed by atoms with van der Waals surface area (Å²) in [7, 11) is 0. The molecule has 1 aliphatic carbocycles. The first-order chi connectivity index (χ1) is 6.29. The minimum atomic E-state index is 1.11. The van der Waals surface area contributed by atoms with Gasteiger partial charge in [0, 0.05) is 0 Å². The van der Waals surface area contributed by atoms with E-state index in [9.17, 15) is 0 Å². The van der Waals surface area contributed by atoms with Gasteiger partial charge >= 0.3 is 0 Å². The van der Waals surface area contributed by atoms with Crippen molar-refractivity contribution in [3.8, 4) is 0 Å². The van der Waals surface area contributed by atoms with Crippen molar-refractivity contribution in [1.82, 2.24) is 0 Å². The van der Waals surface area contributed by atoms with Gasteiger partial charge in [0.25, 0.3) is 0 Å². The van der Waals surface area contributed by atoms with Crippen LogP contribution in [0.25, 0.3) is 5.57 Å². The number of aryl methyl sites for hydroxylation is 1. The lowest BCUT2D eigenvalue weighted by atomic mass is 9.99. The van der Waals surface area contributed by atoms with Gasteiger partial charge in [-0.1, -0.05) is 42.0 Å². The Bertz CT molecular complexity index is 381. The molecule has 0 nitrogen and oxygen atoms in total. The molecule has 13 heavy (non-hydrogen) atoms. The molecule has 0 saturated heterocycles. The SMILES string of the molecule is CC1=C(c2ccccc2C)C=CC1. The molecule has 0 heteroatoms. The van der Waals surface area contributed by atoms with Crippen LogP contribution in [0.3, 0.4) is 0 Å². The van der Waals surface area contributed by atoms with Crippen LogP contribution in [-0.2, 0) is 0 Å². The van der Waals surface area contributed by atoms with Crippen LogP contribution < -0.4 is 0 Å². The fraction of sp³-hybridized carbons (Fsp3) is 0.231. The van der Waals surface area contributed by atoms with Crippen molar-refractivity contribution in [2.75, 3.05) is 0 Å². The normalized spacial score (nSPS) is 15.5. The predicted octanol–water partition coefficient (Wildman–Crippen LogP) is 3.73. The molecular formula is C13H14. The molecule has 0 unspecified atom stereocenters. The van der Waals surface area contributed by atoms with Gasteiger partial charge in [0.05, 0.1) is 0 Å². The quantitative estimate of drug-likeness (QED) is 0.602. The molecule has 0 saturated carbocycles. The summed E-state index contributed by atoms with van der Waals surface area (Å²) in [6.07, 6.45) is 5.58. The Kier molecular flexibility index (Phi) is 2.05. The molecule has 0 bridgehead atoms. The molecule has 0 aliphatic heterocycles. The van der Waals surface area contributed by atoms with Gasteiger partial charge in [0.15, 0.2) is 0 Å². The molecule has 2 rings (SSSR count). The third-order valence-electron chi connectivity index (χ3n) is 2.60. The van der Waals surface area contributed by atoms with Crippen molar-refractivity contribution in [3.63, 3.8) is 0 Å². The van der Waals surface area contributed by atoms with Crippen molar-refractivity contribution in [3.05, 3.63) is 53.1 Å². The minimum absolute atomic E-state index is 1.11. The Balaban J connectivity index is 2.52. The molecular weight excluding hydrogens is 156 g/mol. The third-order valence-corrected chi connectivity index (χ3v) is 2.60. The van der Waals surface area contributed by atoms with Crippen molar-refractivity contribution in [2.45, 2.75) is 20.3 Å². The van der Waals surface area contributed by atoms with Crippen molar-refractivity contribution < 1.29 is 0 Å². The predicted molar refractivity (Wildman–Crippen MR) is 57.5 cm³/mol. The summed E-state index contributed by atoms with van der Waals surface area (Å²) in [6.45, 7) is 4.38. The van der Waals surface area contributed by atoms with Gasteiger partial charge < -0.3 is 0 Å². The Hall–Kier alpha value is -1.30. The highest BCUT2D eigenvalue weighted by Crippen LogP contribution is 2.29. The van der Waals surface area contributed by atoms with Gasteiger partial charge in [-0.05, 0) is 37.0 Å². The molecule has 0 fully saturated rings. The molecule has 0 amide bonds. The van der Waals surface area contributed by atoms with E-state index in [4.69, 9.17) is 0 Å². The Labute approximate surface area is 79.6 Å². The molecule has 0 atom stereocenters. The number of benzene rings is 1. The van der Waals surface area contributed by atoms with Crippen LogP contribution in [0.4, 0.5) is 0 Å². The third kappa shape index (κ3) is 1.44. The highest BCUT2D eigenvalue weighted by Gasteiger charge is 2.08. The summed E-state index contributed by atoms with van der Waals surface area (Å²) in [5.41, 5.74) is 5.64. The van der Waals surface area contributed by atoms with Crippen molar-refractivity contribution in [2.24, 2.45) is 0 Å². The summed E-state index contributed by atoms with van der Waals surface area (Å²) in [6, 6.07) is 8.56. The van der Waals surface area contributed by atoms with E-state index in [2.05, 4.69) is 50.3 Å². The van der Waals surface area contributed by atoms with Crippen molar-refractivity contribution >= 4 is 5.57 Å². The van der Waals surface area contributed by atoms with Gasteiger partial charge in [0.1, 0.15) is 0 Å². The maximum atomic E-state index is 2.23. The van der Waals surface area contributed by atoms with Crippen LogP contribution in [0, 0.1) is 6.92 Å². The van der Waals surface area contributed by atoms with E-state index in [1.807, 2.05) is 0 Å². The zero-order chi connectivity index (χ0) is 9.26. The summed E-state index contributed by atoms with van der Waals surface area (Å²) in [4.78, 5) is 0. The highest BCUT2D eigenvalue weighted by atomic mass is 14.1. The van der Waals surface area contributed by atoms with E-state index in [1.54, 1.807) is 0 Å². The Morgan fingerprint density at radius 2 is 1.85 bits per heavy atom. The summed E-state index contributed by atoms with van der Waals surface area (Å²) in [5, 5.41) is 0. The average Bonchev–Trinajstić information content (AvgIpc) is 2.52. The van der Waals surface area contributed by atoms with Gasteiger partial charge in [-0.15, -0.1) is 0 Å². The summed E-state index contributed by atoms with van der Waals surface area (Å²) >= 11 is 0. The second kappa shape index (κ2) is 3.21. The topological polar surface area (TPSA) is 0 Å². The fourth-order valence-corrected chi connectivity index (χ4v) is 1.80.